The summed E-state index contributed by atoms with van der Waals surface area (Å²) in [5, 5.41) is 3.49. The van der Waals surface area contributed by atoms with Crippen molar-refractivity contribution in [3.8, 4) is 0 Å². The van der Waals surface area contributed by atoms with Gasteiger partial charge in [0.1, 0.15) is 0 Å². The van der Waals surface area contributed by atoms with Crippen LogP contribution >= 0.6 is 0 Å². The van der Waals surface area contributed by atoms with E-state index < -0.39 is 0 Å². The third-order valence-corrected chi connectivity index (χ3v) is 3.64. The van der Waals surface area contributed by atoms with Gasteiger partial charge >= 0.3 is 0 Å². The molecule has 0 unspecified atom stereocenters. The lowest BCUT2D eigenvalue weighted by Crippen LogP contribution is -2.18. The maximum atomic E-state index is 3.49. The van der Waals surface area contributed by atoms with Crippen LogP contribution in [0.4, 0.5) is 0 Å². The number of hydrogen-bond acceptors (Lipinski definition) is 1. The second-order valence-corrected chi connectivity index (χ2v) is 5.89. The predicted octanol–water partition coefficient (Wildman–Crippen LogP) is 3.42. The molecule has 2 heteroatoms. The summed E-state index contributed by atoms with van der Waals surface area (Å²) in [4.78, 5) is 0. The molecule has 0 aromatic carbocycles. The van der Waals surface area contributed by atoms with Crippen LogP contribution in [0.2, 0.25) is 0 Å². The summed E-state index contributed by atoms with van der Waals surface area (Å²) in [5.74, 6) is 1.66. The van der Waals surface area contributed by atoms with Crippen LogP contribution in [-0.4, -0.2) is 11.1 Å². The smallest absolute Gasteiger partial charge is 0.0248 e. The average molecular weight is 234 g/mol. The Morgan fingerprint density at radius 3 is 2.82 bits per heavy atom. The van der Waals surface area contributed by atoms with Gasteiger partial charge in [0.05, 0.1) is 0 Å². The molecule has 0 radical (unpaired) electrons. The lowest BCUT2D eigenvalue weighted by Gasteiger charge is -2.09. The van der Waals surface area contributed by atoms with Crippen molar-refractivity contribution in [2.24, 2.45) is 11.8 Å². The Balaban J connectivity index is 1.75. The van der Waals surface area contributed by atoms with Crippen LogP contribution < -0.4 is 5.32 Å². The summed E-state index contributed by atoms with van der Waals surface area (Å²) >= 11 is 0. The van der Waals surface area contributed by atoms with Crippen LogP contribution in [0.25, 0.3) is 0 Å². The Hall–Kier alpha value is -0.760. The largest absolute Gasteiger partial charge is 0.354 e. The molecule has 2 nitrogen and oxygen atoms in total. The highest BCUT2D eigenvalue weighted by Gasteiger charge is 2.15. The number of nitrogens with one attached hydrogen (secondary N) is 1. The number of aromatic nitrogens is 1. The van der Waals surface area contributed by atoms with Crippen molar-refractivity contribution >= 4 is 0 Å². The zero-order valence-electron chi connectivity index (χ0n) is 11.3. The summed E-state index contributed by atoms with van der Waals surface area (Å²) in [6.45, 7) is 7.84. The first-order chi connectivity index (χ1) is 8.24. The predicted molar refractivity (Wildman–Crippen MR) is 72.9 cm³/mol. The second-order valence-electron chi connectivity index (χ2n) is 5.89. The van der Waals surface area contributed by atoms with Crippen LogP contribution in [0.1, 0.15) is 45.1 Å². The van der Waals surface area contributed by atoms with E-state index in [4.69, 9.17) is 0 Å². The van der Waals surface area contributed by atoms with E-state index in [1.807, 2.05) is 0 Å². The van der Waals surface area contributed by atoms with Crippen molar-refractivity contribution in [2.45, 2.75) is 52.6 Å². The van der Waals surface area contributed by atoms with Gasteiger partial charge in [-0.3, -0.25) is 0 Å². The Morgan fingerprint density at radius 1 is 1.35 bits per heavy atom. The van der Waals surface area contributed by atoms with E-state index in [-0.39, 0.29) is 0 Å². The third kappa shape index (κ3) is 4.19. The highest BCUT2D eigenvalue weighted by molar-refractivity contribution is 5.10. The summed E-state index contributed by atoms with van der Waals surface area (Å²) in [5.41, 5.74) is 1.42. The van der Waals surface area contributed by atoms with E-state index in [0.717, 1.165) is 24.9 Å². The van der Waals surface area contributed by atoms with Gasteiger partial charge in [0, 0.05) is 25.5 Å². The van der Waals surface area contributed by atoms with Crippen molar-refractivity contribution in [1.29, 1.82) is 0 Å². The molecule has 0 atom stereocenters. The molecule has 0 bridgehead atoms. The van der Waals surface area contributed by atoms with Crippen LogP contribution in [-0.2, 0) is 13.1 Å². The molecular formula is C15H26N2. The molecule has 0 spiro atoms. The lowest BCUT2D eigenvalue weighted by atomic mass is 10.1. The van der Waals surface area contributed by atoms with E-state index in [2.05, 4.69) is 42.2 Å². The molecule has 96 valence electrons. The molecule has 1 heterocycles. The van der Waals surface area contributed by atoms with Gasteiger partial charge in [0.2, 0.25) is 0 Å². The number of hydrogen-bond donors (Lipinski definition) is 1. The van der Waals surface area contributed by atoms with Gasteiger partial charge in [0.25, 0.3) is 0 Å². The van der Waals surface area contributed by atoms with Gasteiger partial charge in [-0.15, -0.1) is 0 Å². The van der Waals surface area contributed by atoms with Crippen molar-refractivity contribution in [2.75, 3.05) is 6.54 Å². The van der Waals surface area contributed by atoms with E-state index in [9.17, 15) is 0 Å². The summed E-state index contributed by atoms with van der Waals surface area (Å²) in [6, 6.07) is 2.25. The molecule has 1 aliphatic carbocycles. The maximum Gasteiger partial charge on any atom is 0.0248 e. The normalized spacial score (nSPS) is 17.1. The van der Waals surface area contributed by atoms with Crippen LogP contribution in [0.5, 0.6) is 0 Å². The van der Waals surface area contributed by atoms with Crippen molar-refractivity contribution < 1.29 is 0 Å². The molecule has 1 aromatic rings. The average Bonchev–Trinajstić information content (AvgIpc) is 2.90. The van der Waals surface area contributed by atoms with Gasteiger partial charge in [-0.1, -0.05) is 26.7 Å². The Labute approximate surface area is 105 Å². The first kappa shape index (κ1) is 12.7. The minimum atomic E-state index is 0.732. The Morgan fingerprint density at radius 2 is 2.12 bits per heavy atom. The zero-order valence-corrected chi connectivity index (χ0v) is 11.3. The first-order valence-corrected chi connectivity index (χ1v) is 7.09. The SMILES string of the molecule is CC(C)CNCc1ccn(CC2CCCC2)c1. The minimum Gasteiger partial charge on any atom is -0.354 e. The molecule has 1 aliphatic rings. The molecule has 2 rings (SSSR count). The maximum absolute atomic E-state index is 3.49. The van der Waals surface area contributed by atoms with Crippen molar-refractivity contribution in [1.82, 2.24) is 9.88 Å². The lowest BCUT2D eigenvalue weighted by molar-refractivity contribution is 0.457. The van der Waals surface area contributed by atoms with Gasteiger partial charge < -0.3 is 9.88 Å². The standard InChI is InChI=1S/C15H26N2/c1-13(2)9-16-10-15-7-8-17(12-15)11-14-5-3-4-6-14/h7-8,12-14,16H,3-6,9-11H2,1-2H3. The molecule has 1 saturated carbocycles. The zero-order chi connectivity index (χ0) is 12.1. The fraction of sp³-hybridized carbons (Fsp3) is 0.733. The number of nitrogens with zero attached hydrogens (tertiary/aromatic N) is 1. The third-order valence-electron chi connectivity index (χ3n) is 3.64. The molecule has 1 N–H and O–H groups in total. The quantitative estimate of drug-likeness (QED) is 0.798. The first-order valence-electron chi connectivity index (χ1n) is 7.09. The molecule has 0 amide bonds. The minimum absolute atomic E-state index is 0.732. The molecule has 17 heavy (non-hydrogen) atoms. The van der Waals surface area contributed by atoms with E-state index in [1.54, 1.807) is 0 Å². The summed E-state index contributed by atoms with van der Waals surface area (Å²) in [7, 11) is 0. The fourth-order valence-electron chi connectivity index (χ4n) is 2.70. The monoisotopic (exact) mass is 234 g/mol. The Bertz CT molecular complexity index is 321. The second kappa shape index (κ2) is 6.25. The molecule has 1 fully saturated rings. The highest BCUT2D eigenvalue weighted by Crippen LogP contribution is 2.26. The van der Waals surface area contributed by atoms with Crippen molar-refractivity contribution in [3.05, 3.63) is 24.0 Å². The van der Waals surface area contributed by atoms with Crippen LogP contribution in [0, 0.1) is 11.8 Å². The van der Waals surface area contributed by atoms with Gasteiger partial charge in [-0.05, 0) is 42.9 Å². The van der Waals surface area contributed by atoms with E-state index >= 15 is 0 Å². The van der Waals surface area contributed by atoms with Gasteiger partial charge in [-0.25, -0.2) is 0 Å². The van der Waals surface area contributed by atoms with E-state index in [1.165, 1.54) is 37.8 Å². The Kier molecular flexibility index (Phi) is 4.66. The topological polar surface area (TPSA) is 17.0 Å². The van der Waals surface area contributed by atoms with Gasteiger partial charge in [-0.2, -0.15) is 0 Å². The van der Waals surface area contributed by atoms with Gasteiger partial charge in [0.15, 0.2) is 0 Å². The molecule has 0 aliphatic heterocycles. The van der Waals surface area contributed by atoms with E-state index in [0.29, 0.717) is 0 Å². The highest BCUT2D eigenvalue weighted by atomic mass is 14.9. The van der Waals surface area contributed by atoms with Crippen molar-refractivity contribution in [3.63, 3.8) is 0 Å². The van der Waals surface area contributed by atoms with Crippen LogP contribution in [0.3, 0.4) is 0 Å². The number of rotatable bonds is 6. The molecular weight excluding hydrogens is 208 g/mol. The van der Waals surface area contributed by atoms with Crippen LogP contribution in [0.15, 0.2) is 18.5 Å². The fourth-order valence-corrected chi connectivity index (χ4v) is 2.70. The molecule has 0 saturated heterocycles. The molecule has 1 aromatic heterocycles. The summed E-state index contributed by atoms with van der Waals surface area (Å²) < 4.78 is 2.38. The summed E-state index contributed by atoms with van der Waals surface area (Å²) in [6.07, 6.45) is 10.3.